The van der Waals surface area contributed by atoms with Crippen molar-refractivity contribution in [2.75, 3.05) is 26.7 Å². The van der Waals surface area contributed by atoms with Gasteiger partial charge in [0.15, 0.2) is 0 Å². The number of nitrogens with one attached hydrogen (secondary N) is 1. The number of piperidine rings is 1. The first-order valence-corrected chi connectivity index (χ1v) is 7.72. The fourth-order valence-corrected chi connectivity index (χ4v) is 3.67. The molecule has 2 rings (SSSR count). The van der Waals surface area contributed by atoms with Gasteiger partial charge in [-0.05, 0) is 45.2 Å². The third-order valence-corrected chi connectivity index (χ3v) is 4.82. The lowest BCUT2D eigenvalue weighted by atomic mass is 9.79. The topological polar surface area (TPSA) is 35.5 Å². The summed E-state index contributed by atoms with van der Waals surface area (Å²) in [6, 6.07) is 0.670. The van der Waals surface area contributed by atoms with E-state index in [0.29, 0.717) is 12.0 Å². The predicted molar refractivity (Wildman–Crippen MR) is 75.7 cm³/mol. The van der Waals surface area contributed by atoms with Gasteiger partial charge in [0, 0.05) is 19.1 Å². The van der Waals surface area contributed by atoms with E-state index in [1.54, 1.807) is 0 Å². The van der Waals surface area contributed by atoms with Crippen molar-refractivity contribution in [3.8, 4) is 0 Å². The Labute approximate surface area is 112 Å². The number of likely N-dealkylation sites (N-methyl/N-ethyl adjacent to an activating group) is 1. The molecule has 1 aliphatic carbocycles. The summed E-state index contributed by atoms with van der Waals surface area (Å²) in [6.07, 6.45) is 8.42. The molecule has 1 aliphatic heterocycles. The van der Waals surface area contributed by atoms with Crippen molar-refractivity contribution in [1.82, 2.24) is 10.2 Å². The summed E-state index contributed by atoms with van der Waals surface area (Å²) in [6.45, 7) is 5.31. The van der Waals surface area contributed by atoms with Gasteiger partial charge in [-0.3, -0.25) is 0 Å². The van der Waals surface area contributed by atoms with Crippen LogP contribution in [-0.2, 0) is 0 Å². The summed E-state index contributed by atoms with van der Waals surface area (Å²) in [5.74, 6) is 0.683. The highest BCUT2D eigenvalue weighted by atomic mass is 16.3. The van der Waals surface area contributed by atoms with Crippen molar-refractivity contribution in [2.24, 2.45) is 5.92 Å². The van der Waals surface area contributed by atoms with Crippen molar-refractivity contribution in [3.63, 3.8) is 0 Å². The number of aliphatic hydroxyl groups is 1. The Kier molecular flexibility index (Phi) is 5.05. The van der Waals surface area contributed by atoms with Gasteiger partial charge in [-0.2, -0.15) is 0 Å². The summed E-state index contributed by atoms with van der Waals surface area (Å²) in [7, 11) is 2.23. The molecule has 0 aromatic heterocycles. The van der Waals surface area contributed by atoms with Gasteiger partial charge < -0.3 is 15.3 Å². The highest BCUT2D eigenvalue weighted by molar-refractivity contribution is 4.88. The monoisotopic (exact) mass is 254 g/mol. The van der Waals surface area contributed by atoms with Crippen LogP contribution in [0, 0.1) is 5.92 Å². The average Bonchev–Trinajstić information content (AvgIpc) is 2.31. The van der Waals surface area contributed by atoms with E-state index in [9.17, 15) is 5.11 Å². The van der Waals surface area contributed by atoms with Crippen LogP contribution in [0.4, 0.5) is 0 Å². The molecule has 0 bridgehead atoms. The quantitative estimate of drug-likeness (QED) is 0.805. The van der Waals surface area contributed by atoms with E-state index in [1.165, 1.54) is 38.6 Å². The summed E-state index contributed by atoms with van der Waals surface area (Å²) < 4.78 is 0. The molecule has 0 aromatic carbocycles. The molecule has 0 spiro atoms. The smallest absolute Gasteiger partial charge is 0.0774 e. The van der Waals surface area contributed by atoms with Gasteiger partial charge in [0.2, 0.25) is 0 Å². The molecule has 0 radical (unpaired) electrons. The number of likely N-dealkylation sites (tertiary alicyclic amines) is 1. The van der Waals surface area contributed by atoms with E-state index >= 15 is 0 Å². The summed E-state index contributed by atoms with van der Waals surface area (Å²) >= 11 is 0. The second kappa shape index (κ2) is 6.36. The van der Waals surface area contributed by atoms with Crippen LogP contribution < -0.4 is 5.32 Å². The molecule has 2 N–H and O–H groups in total. The fraction of sp³-hybridized carbons (Fsp3) is 1.00. The number of rotatable bonds is 4. The molecule has 3 unspecified atom stereocenters. The van der Waals surface area contributed by atoms with Gasteiger partial charge in [0.05, 0.1) is 5.60 Å². The SMILES string of the molecule is CC1CCCC(O)(CNCC2CCCCN2C)C1. The maximum atomic E-state index is 10.6. The lowest BCUT2D eigenvalue weighted by Crippen LogP contribution is -2.49. The molecule has 18 heavy (non-hydrogen) atoms. The largest absolute Gasteiger partial charge is 0.389 e. The number of nitrogens with zero attached hydrogens (tertiary/aromatic N) is 1. The van der Waals surface area contributed by atoms with Crippen LogP contribution in [0.3, 0.4) is 0 Å². The maximum absolute atomic E-state index is 10.6. The molecule has 3 atom stereocenters. The van der Waals surface area contributed by atoms with Crippen molar-refractivity contribution >= 4 is 0 Å². The second-order valence-electron chi connectivity index (χ2n) is 6.69. The highest BCUT2D eigenvalue weighted by Crippen LogP contribution is 2.31. The van der Waals surface area contributed by atoms with Crippen molar-refractivity contribution in [2.45, 2.75) is 63.5 Å². The van der Waals surface area contributed by atoms with E-state index < -0.39 is 5.60 Å². The van der Waals surface area contributed by atoms with Gasteiger partial charge in [-0.15, -0.1) is 0 Å². The Morgan fingerprint density at radius 3 is 2.83 bits per heavy atom. The summed E-state index contributed by atoms with van der Waals surface area (Å²) in [4.78, 5) is 2.46. The van der Waals surface area contributed by atoms with Crippen molar-refractivity contribution in [1.29, 1.82) is 0 Å². The molecule has 1 saturated heterocycles. The lowest BCUT2D eigenvalue weighted by molar-refractivity contribution is -0.0129. The zero-order valence-corrected chi connectivity index (χ0v) is 12.1. The zero-order chi connectivity index (χ0) is 13.0. The van der Waals surface area contributed by atoms with Crippen LogP contribution in [0.5, 0.6) is 0 Å². The molecule has 0 amide bonds. The number of hydrogen-bond donors (Lipinski definition) is 2. The predicted octanol–water partition coefficient (Wildman–Crippen LogP) is 2.00. The fourth-order valence-electron chi connectivity index (χ4n) is 3.67. The van der Waals surface area contributed by atoms with Gasteiger partial charge in [-0.1, -0.05) is 26.2 Å². The average molecular weight is 254 g/mol. The van der Waals surface area contributed by atoms with E-state index in [1.807, 2.05) is 0 Å². The first kappa shape index (κ1) is 14.3. The Bertz CT molecular complexity index is 259. The van der Waals surface area contributed by atoms with Gasteiger partial charge >= 0.3 is 0 Å². The maximum Gasteiger partial charge on any atom is 0.0774 e. The third kappa shape index (κ3) is 3.94. The van der Waals surface area contributed by atoms with Crippen molar-refractivity contribution in [3.05, 3.63) is 0 Å². The van der Waals surface area contributed by atoms with E-state index in [4.69, 9.17) is 0 Å². The minimum Gasteiger partial charge on any atom is -0.389 e. The van der Waals surface area contributed by atoms with Crippen LogP contribution in [0.1, 0.15) is 51.9 Å². The Morgan fingerprint density at radius 2 is 2.11 bits per heavy atom. The molecule has 1 heterocycles. The minimum absolute atomic E-state index is 0.440. The van der Waals surface area contributed by atoms with Crippen LogP contribution in [0.25, 0.3) is 0 Å². The summed E-state index contributed by atoms with van der Waals surface area (Å²) in [5.41, 5.74) is -0.440. The minimum atomic E-state index is -0.440. The molecule has 3 nitrogen and oxygen atoms in total. The van der Waals surface area contributed by atoms with Crippen LogP contribution >= 0.6 is 0 Å². The van der Waals surface area contributed by atoms with Gasteiger partial charge in [0.1, 0.15) is 0 Å². The molecular formula is C15H30N2O. The molecule has 2 aliphatic rings. The summed E-state index contributed by atoms with van der Waals surface area (Å²) in [5, 5.41) is 14.1. The third-order valence-electron chi connectivity index (χ3n) is 4.82. The van der Waals surface area contributed by atoms with Crippen LogP contribution in [-0.4, -0.2) is 48.3 Å². The second-order valence-corrected chi connectivity index (χ2v) is 6.69. The Balaban J connectivity index is 1.70. The number of hydrogen-bond acceptors (Lipinski definition) is 3. The zero-order valence-electron chi connectivity index (χ0n) is 12.1. The molecule has 106 valence electrons. The van der Waals surface area contributed by atoms with Crippen LogP contribution in [0.2, 0.25) is 0 Å². The first-order chi connectivity index (χ1) is 8.59. The van der Waals surface area contributed by atoms with E-state index in [-0.39, 0.29) is 0 Å². The molecular weight excluding hydrogens is 224 g/mol. The highest BCUT2D eigenvalue weighted by Gasteiger charge is 2.32. The Morgan fingerprint density at radius 1 is 1.28 bits per heavy atom. The van der Waals surface area contributed by atoms with Crippen LogP contribution in [0.15, 0.2) is 0 Å². The van der Waals surface area contributed by atoms with E-state index in [0.717, 1.165) is 25.9 Å². The van der Waals surface area contributed by atoms with E-state index in [2.05, 4.69) is 24.2 Å². The molecule has 3 heteroatoms. The van der Waals surface area contributed by atoms with Gasteiger partial charge in [0.25, 0.3) is 0 Å². The standard InChI is InChI=1S/C15H30N2O/c1-13-6-5-8-15(18,10-13)12-16-11-14-7-3-4-9-17(14)2/h13-14,16,18H,3-12H2,1-2H3. The molecule has 2 fully saturated rings. The van der Waals surface area contributed by atoms with Crippen molar-refractivity contribution < 1.29 is 5.11 Å². The molecule has 1 saturated carbocycles. The lowest BCUT2D eigenvalue weighted by Gasteiger charge is -2.37. The molecule has 0 aromatic rings. The normalized spacial score (nSPS) is 38.8. The first-order valence-electron chi connectivity index (χ1n) is 7.72. The Hall–Kier alpha value is -0.120. The van der Waals surface area contributed by atoms with Gasteiger partial charge in [-0.25, -0.2) is 0 Å².